The van der Waals surface area contributed by atoms with Gasteiger partial charge < -0.3 is 10.1 Å². The van der Waals surface area contributed by atoms with Crippen molar-refractivity contribution in [3.8, 4) is 5.75 Å². The number of nitrogens with one attached hydrogen (secondary N) is 1. The first-order chi connectivity index (χ1) is 11.3. The third kappa shape index (κ3) is 2.32. The summed E-state index contributed by atoms with van der Waals surface area (Å²) in [6.45, 7) is 0. The zero-order valence-corrected chi connectivity index (χ0v) is 12.7. The van der Waals surface area contributed by atoms with Crippen molar-refractivity contribution in [1.82, 2.24) is 20.3 Å². The molecule has 1 aliphatic carbocycles. The van der Waals surface area contributed by atoms with Crippen LogP contribution in [0.4, 0.5) is 4.79 Å². The van der Waals surface area contributed by atoms with Crippen molar-refractivity contribution >= 4 is 17.1 Å². The molecule has 6 nitrogen and oxygen atoms in total. The van der Waals surface area contributed by atoms with E-state index in [9.17, 15) is 4.79 Å². The van der Waals surface area contributed by atoms with Gasteiger partial charge in [-0.2, -0.15) is 4.68 Å². The Hall–Kier alpha value is -2.89. The molecule has 0 spiro atoms. The van der Waals surface area contributed by atoms with E-state index in [0.717, 1.165) is 12.8 Å². The number of ether oxygens (including phenoxy) is 1. The number of nitrogens with zero attached hydrogens (tertiary/aromatic N) is 3. The average molecular weight is 308 g/mol. The van der Waals surface area contributed by atoms with E-state index < -0.39 is 0 Å². The predicted octanol–water partition coefficient (Wildman–Crippen LogP) is 2.69. The molecule has 0 unspecified atom stereocenters. The van der Waals surface area contributed by atoms with Gasteiger partial charge in [-0.15, -0.1) is 5.10 Å². The first-order valence-electron chi connectivity index (χ1n) is 7.54. The molecule has 1 N–H and O–H groups in total. The molecule has 0 bridgehead atoms. The van der Waals surface area contributed by atoms with Crippen molar-refractivity contribution in [1.29, 1.82) is 0 Å². The van der Waals surface area contributed by atoms with Crippen LogP contribution in [0.2, 0.25) is 0 Å². The lowest BCUT2D eigenvalue weighted by Crippen LogP contribution is -2.32. The Kier molecular flexibility index (Phi) is 3.22. The fraction of sp³-hybridized carbons (Fsp3) is 0.235. The van der Waals surface area contributed by atoms with Crippen LogP contribution in [0.15, 0.2) is 42.5 Å². The van der Waals surface area contributed by atoms with Gasteiger partial charge in [-0.25, -0.2) is 4.79 Å². The van der Waals surface area contributed by atoms with Gasteiger partial charge in [-0.05, 0) is 36.1 Å². The van der Waals surface area contributed by atoms with Crippen LogP contribution in [0.5, 0.6) is 5.75 Å². The third-order valence-electron chi connectivity index (χ3n) is 4.28. The monoisotopic (exact) mass is 308 g/mol. The summed E-state index contributed by atoms with van der Waals surface area (Å²) in [5.41, 5.74) is 3.77. The standard InChI is InChI=1S/C17H16N4O2/c1-23-12-7-9-15-16(10-12)21(20-19-15)17(22)18-14-8-6-11-4-2-3-5-13(11)14/h2-5,7,9-10,14H,6,8H2,1H3,(H,18,22)/t14-/m1/s1. The highest BCUT2D eigenvalue weighted by molar-refractivity contribution is 5.88. The Labute approximate surface area is 133 Å². The molecule has 4 rings (SSSR count). The zero-order valence-electron chi connectivity index (χ0n) is 12.7. The van der Waals surface area contributed by atoms with Gasteiger partial charge in [0.05, 0.1) is 13.2 Å². The van der Waals surface area contributed by atoms with Crippen LogP contribution in [-0.4, -0.2) is 28.1 Å². The second-order valence-corrected chi connectivity index (χ2v) is 5.60. The highest BCUT2D eigenvalue weighted by Crippen LogP contribution is 2.30. The van der Waals surface area contributed by atoms with E-state index in [1.54, 1.807) is 25.3 Å². The minimum atomic E-state index is -0.276. The lowest BCUT2D eigenvalue weighted by atomic mass is 10.1. The molecule has 0 saturated carbocycles. The van der Waals surface area contributed by atoms with E-state index >= 15 is 0 Å². The van der Waals surface area contributed by atoms with Crippen LogP contribution in [-0.2, 0) is 6.42 Å². The van der Waals surface area contributed by atoms with Crippen molar-refractivity contribution in [3.05, 3.63) is 53.6 Å². The SMILES string of the molecule is COc1ccc2nnn(C(=O)N[C@@H]3CCc4ccccc43)c2c1. The lowest BCUT2D eigenvalue weighted by molar-refractivity contribution is 0.236. The molecule has 23 heavy (non-hydrogen) atoms. The molecular weight excluding hydrogens is 292 g/mol. The second kappa shape index (κ2) is 5.39. The van der Waals surface area contributed by atoms with Crippen LogP contribution >= 0.6 is 0 Å². The molecule has 0 fully saturated rings. The fourth-order valence-corrected chi connectivity index (χ4v) is 3.09. The highest BCUT2D eigenvalue weighted by Gasteiger charge is 2.24. The minimum Gasteiger partial charge on any atom is -0.497 e. The Morgan fingerprint density at radius 3 is 3.04 bits per heavy atom. The summed E-state index contributed by atoms with van der Waals surface area (Å²) in [5, 5.41) is 11.0. The molecule has 116 valence electrons. The number of hydrogen-bond donors (Lipinski definition) is 1. The van der Waals surface area contributed by atoms with Crippen LogP contribution in [0, 0.1) is 0 Å². The van der Waals surface area contributed by atoms with Gasteiger partial charge in [0.25, 0.3) is 0 Å². The zero-order chi connectivity index (χ0) is 15.8. The maximum absolute atomic E-state index is 12.6. The van der Waals surface area contributed by atoms with Gasteiger partial charge in [0.15, 0.2) is 0 Å². The van der Waals surface area contributed by atoms with Crippen LogP contribution in [0.25, 0.3) is 11.0 Å². The normalized spacial score (nSPS) is 16.3. The number of carbonyl (C=O) groups excluding carboxylic acids is 1. The van der Waals surface area contributed by atoms with Gasteiger partial charge in [-0.3, -0.25) is 0 Å². The summed E-state index contributed by atoms with van der Waals surface area (Å²) >= 11 is 0. The quantitative estimate of drug-likeness (QED) is 0.790. The molecule has 0 radical (unpaired) electrons. The molecule has 0 aliphatic heterocycles. The maximum Gasteiger partial charge on any atom is 0.344 e. The van der Waals surface area contributed by atoms with Crippen molar-refractivity contribution < 1.29 is 9.53 Å². The van der Waals surface area contributed by atoms with Gasteiger partial charge in [0.1, 0.15) is 16.8 Å². The number of amides is 1. The number of aromatic nitrogens is 3. The Morgan fingerprint density at radius 1 is 1.30 bits per heavy atom. The largest absolute Gasteiger partial charge is 0.497 e. The van der Waals surface area contributed by atoms with Crippen LogP contribution < -0.4 is 10.1 Å². The number of carbonyl (C=O) groups is 1. The van der Waals surface area contributed by atoms with Crippen molar-refractivity contribution in [2.24, 2.45) is 0 Å². The lowest BCUT2D eigenvalue weighted by Gasteiger charge is -2.13. The van der Waals surface area contributed by atoms with E-state index in [-0.39, 0.29) is 12.1 Å². The number of fused-ring (bicyclic) bond motifs is 2. The number of benzene rings is 2. The second-order valence-electron chi connectivity index (χ2n) is 5.60. The Balaban J connectivity index is 1.63. The molecule has 1 heterocycles. The highest BCUT2D eigenvalue weighted by atomic mass is 16.5. The van der Waals surface area contributed by atoms with E-state index in [4.69, 9.17) is 4.74 Å². The number of rotatable bonds is 2. The Morgan fingerprint density at radius 2 is 2.17 bits per heavy atom. The van der Waals surface area contributed by atoms with E-state index in [1.165, 1.54) is 15.8 Å². The Bertz CT molecular complexity index is 887. The maximum atomic E-state index is 12.6. The molecule has 3 aromatic rings. The minimum absolute atomic E-state index is 0.0172. The van der Waals surface area contributed by atoms with Crippen molar-refractivity contribution in [2.45, 2.75) is 18.9 Å². The van der Waals surface area contributed by atoms with E-state index in [2.05, 4.69) is 27.8 Å². The fourth-order valence-electron chi connectivity index (χ4n) is 3.09. The van der Waals surface area contributed by atoms with Gasteiger partial charge in [0.2, 0.25) is 0 Å². The summed E-state index contributed by atoms with van der Waals surface area (Å²) in [5.74, 6) is 0.667. The first-order valence-corrected chi connectivity index (χ1v) is 7.54. The molecule has 1 amide bonds. The smallest absolute Gasteiger partial charge is 0.344 e. The van der Waals surface area contributed by atoms with Crippen molar-refractivity contribution in [3.63, 3.8) is 0 Å². The topological polar surface area (TPSA) is 69.0 Å². The van der Waals surface area contributed by atoms with Crippen molar-refractivity contribution in [2.75, 3.05) is 7.11 Å². The average Bonchev–Trinajstić information content (AvgIpc) is 3.18. The summed E-state index contributed by atoms with van der Waals surface area (Å²) < 4.78 is 6.50. The summed E-state index contributed by atoms with van der Waals surface area (Å²) in [6.07, 6.45) is 1.88. The first kappa shape index (κ1) is 13.8. The number of hydrogen-bond acceptors (Lipinski definition) is 4. The van der Waals surface area contributed by atoms with E-state index in [0.29, 0.717) is 16.8 Å². The molecule has 1 aliphatic rings. The molecule has 6 heteroatoms. The van der Waals surface area contributed by atoms with Gasteiger partial charge >= 0.3 is 6.03 Å². The van der Waals surface area contributed by atoms with Crippen LogP contribution in [0.3, 0.4) is 0 Å². The molecule has 1 atom stereocenters. The number of methoxy groups -OCH3 is 1. The molecule has 0 saturated heterocycles. The van der Waals surface area contributed by atoms with E-state index in [1.807, 2.05) is 12.1 Å². The summed E-state index contributed by atoms with van der Waals surface area (Å²) in [7, 11) is 1.59. The molecule has 1 aromatic heterocycles. The third-order valence-corrected chi connectivity index (χ3v) is 4.28. The summed E-state index contributed by atoms with van der Waals surface area (Å²) in [6, 6.07) is 13.3. The molecular formula is C17H16N4O2. The predicted molar refractivity (Wildman–Crippen MR) is 85.5 cm³/mol. The number of aryl methyl sites for hydroxylation is 1. The van der Waals surface area contributed by atoms with Gasteiger partial charge in [-0.1, -0.05) is 29.5 Å². The van der Waals surface area contributed by atoms with Crippen LogP contribution in [0.1, 0.15) is 23.6 Å². The van der Waals surface area contributed by atoms with Gasteiger partial charge in [0, 0.05) is 6.07 Å². The molecule has 2 aromatic carbocycles. The summed E-state index contributed by atoms with van der Waals surface area (Å²) in [4.78, 5) is 12.6.